The summed E-state index contributed by atoms with van der Waals surface area (Å²) in [5.41, 5.74) is 4.54. The van der Waals surface area contributed by atoms with Crippen molar-refractivity contribution in [1.82, 2.24) is 0 Å². The number of aliphatic hydroxyl groups is 1. The van der Waals surface area contributed by atoms with Gasteiger partial charge in [0.05, 0.1) is 10.6 Å². The first-order valence-corrected chi connectivity index (χ1v) is 5.15. The number of nitrogens with two attached hydrogens (primary N) is 1. The lowest BCUT2D eigenvalue weighted by Crippen LogP contribution is -2.25. The molecule has 1 unspecified atom stereocenters. The molecular formula is C10H9ClFNO4. The number of rotatable bonds is 2. The molecule has 1 amide bonds. The molecule has 3 N–H and O–H groups in total. The van der Waals surface area contributed by atoms with E-state index in [9.17, 15) is 14.3 Å². The van der Waals surface area contributed by atoms with Gasteiger partial charge in [-0.2, -0.15) is 0 Å². The highest BCUT2D eigenvalue weighted by Crippen LogP contribution is 2.42. The molecule has 1 heterocycles. The van der Waals surface area contributed by atoms with Gasteiger partial charge in [0.15, 0.2) is 23.4 Å². The standard InChI is InChI=1S/C10H9ClFNO4/c11-4-3-5-9(17-2-1-16-5)6(7(4)12)8(14)10(13)15/h3,8,14H,1-2H2,(H2,13,15). The predicted octanol–water partition coefficient (Wildman–Crippen LogP) is 0.769. The van der Waals surface area contributed by atoms with Crippen LogP contribution in [0.4, 0.5) is 4.39 Å². The van der Waals surface area contributed by atoms with Crippen molar-refractivity contribution in [2.75, 3.05) is 13.2 Å². The first-order chi connectivity index (χ1) is 8.02. The molecule has 0 aliphatic carbocycles. The van der Waals surface area contributed by atoms with E-state index in [0.717, 1.165) is 0 Å². The van der Waals surface area contributed by atoms with Crippen LogP contribution in [0.5, 0.6) is 11.5 Å². The normalized spacial score (nSPS) is 15.5. The van der Waals surface area contributed by atoms with Crippen LogP contribution >= 0.6 is 11.6 Å². The number of ether oxygens (including phenoxy) is 2. The smallest absolute Gasteiger partial charge is 0.251 e. The zero-order valence-corrected chi connectivity index (χ0v) is 9.33. The molecule has 0 aromatic heterocycles. The summed E-state index contributed by atoms with van der Waals surface area (Å²) in [7, 11) is 0. The molecule has 92 valence electrons. The van der Waals surface area contributed by atoms with Crippen molar-refractivity contribution < 1.29 is 23.8 Å². The van der Waals surface area contributed by atoms with Crippen LogP contribution in [0.2, 0.25) is 5.02 Å². The summed E-state index contributed by atoms with van der Waals surface area (Å²) in [5, 5.41) is 9.28. The van der Waals surface area contributed by atoms with E-state index in [-0.39, 0.29) is 35.3 Å². The van der Waals surface area contributed by atoms with Gasteiger partial charge in [-0.3, -0.25) is 4.79 Å². The molecule has 17 heavy (non-hydrogen) atoms. The second kappa shape index (κ2) is 4.38. The van der Waals surface area contributed by atoms with Gasteiger partial charge in [0.25, 0.3) is 5.91 Å². The van der Waals surface area contributed by atoms with Gasteiger partial charge in [-0.25, -0.2) is 4.39 Å². The minimum Gasteiger partial charge on any atom is -0.486 e. The minimum atomic E-state index is -1.83. The van der Waals surface area contributed by atoms with Crippen LogP contribution in [0.1, 0.15) is 11.7 Å². The highest BCUT2D eigenvalue weighted by molar-refractivity contribution is 6.31. The zero-order chi connectivity index (χ0) is 12.6. The Hall–Kier alpha value is -1.53. The Morgan fingerprint density at radius 3 is 2.82 bits per heavy atom. The Bertz CT molecular complexity index is 480. The molecule has 0 saturated carbocycles. The van der Waals surface area contributed by atoms with Crippen molar-refractivity contribution in [2.24, 2.45) is 5.73 Å². The average molecular weight is 262 g/mol. The summed E-state index contributed by atoms with van der Waals surface area (Å²) in [6.07, 6.45) is -1.83. The van der Waals surface area contributed by atoms with Crippen LogP contribution in [0, 0.1) is 5.82 Å². The molecule has 0 radical (unpaired) electrons. The number of hydrogen-bond donors (Lipinski definition) is 2. The molecule has 0 saturated heterocycles. The second-order valence-corrected chi connectivity index (χ2v) is 3.82. The van der Waals surface area contributed by atoms with E-state index in [1.54, 1.807) is 0 Å². The highest BCUT2D eigenvalue weighted by Gasteiger charge is 2.30. The average Bonchev–Trinajstić information content (AvgIpc) is 2.30. The second-order valence-electron chi connectivity index (χ2n) is 3.42. The summed E-state index contributed by atoms with van der Waals surface area (Å²) in [6, 6.07) is 1.22. The molecule has 7 heteroatoms. The van der Waals surface area contributed by atoms with Crippen LogP contribution in [0.3, 0.4) is 0 Å². The molecule has 0 spiro atoms. The topological polar surface area (TPSA) is 81.8 Å². The van der Waals surface area contributed by atoms with E-state index >= 15 is 0 Å². The number of benzene rings is 1. The van der Waals surface area contributed by atoms with Gasteiger partial charge >= 0.3 is 0 Å². The van der Waals surface area contributed by atoms with Crippen molar-refractivity contribution in [3.8, 4) is 11.5 Å². The molecule has 1 atom stereocenters. The first-order valence-electron chi connectivity index (χ1n) is 4.77. The number of aliphatic hydroxyl groups excluding tert-OH is 1. The Morgan fingerprint density at radius 2 is 2.18 bits per heavy atom. The van der Waals surface area contributed by atoms with Crippen LogP contribution in [-0.2, 0) is 4.79 Å². The quantitative estimate of drug-likeness (QED) is 0.824. The van der Waals surface area contributed by atoms with E-state index in [1.807, 2.05) is 0 Å². The van der Waals surface area contributed by atoms with Crippen LogP contribution < -0.4 is 15.2 Å². The molecule has 0 fully saturated rings. The molecular weight excluding hydrogens is 253 g/mol. The lowest BCUT2D eigenvalue weighted by molar-refractivity contribution is -0.126. The van der Waals surface area contributed by atoms with Gasteiger partial charge in [-0.15, -0.1) is 0 Å². The Balaban J connectivity index is 2.62. The SMILES string of the molecule is NC(=O)C(O)c1c(F)c(Cl)cc2c1OCCO2. The molecule has 5 nitrogen and oxygen atoms in total. The van der Waals surface area contributed by atoms with Crippen molar-refractivity contribution in [1.29, 1.82) is 0 Å². The molecule has 1 aliphatic rings. The third-order valence-corrected chi connectivity index (χ3v) is 2.58. The lowest BCUT2D eigenvalue weighted by atomic mass is 10.1. The third kappa shape index (κ3) is 2.01. The van der Waals surface area contributed by atoms with Gasteiger partial charge in [0, 0.05) is 6.07 Å². The summed E-state index contributed by atoms with van der Waals surface area (Å²) in [5.74, 6) is -1.90. The number of halogens is 2. The van der Waals surface area contributed by atoms with Crippen molar-refractivity contribution in [2.45, 2.75) is 6.10 Å². The van der Waals surface area contributed by atoms with E-state index < -0.39 is 17.8 Å². The number of carbonyl (C=O) groups excluding carboxylic acids is 1. The van der Waals surface area contributed by atoms with Crippen LogP contribution in [0.15, 0.2) is 6.07 Å². The van der Waals surface area contributed by atoms with E-state index in [4.69, 9.17) is 26.8 Å². The maximum Gasteiger partial charge on any atom is 0.251 e. The lowest BCUT2D eigenvalue weighted by Gasteiger charge is -2.23. The number of primary amides is 1. The van der Waals surface area contributed by atoms with Gasteiger partial charge in [0.2, 0.25) is 0 Å². The Kier molecular flexibility index (Phi) is 3.08. The van der Waals surface area contributed by atoms with E-state index in [1.165, 1.54) is 6.07 Å². The van der Waals surface area contributed by atoms with Gasteiger partial charge < -0.3 is 20.3 Å². The largest absolute Gasteiger partial charge is 0.486 e. The predicted molar refractivity (Wildman–Crippen MR) is 56.6 cm³/mol. The van der Waals surface area contributed by atoms with Crippen molar-refractivity contribution in [3.05, 3.63) is 22.5 Å². The van der Waals surface area contributed by atoms with Gasteiger partial charge in [0.1, 0.15) is 13.2 Å². The summed E-state index contributed by atoms with van der Waals surface area (Å²) >= 11 is 5.63. The maximum absolute atomic E-state index is 13.8. The molecule has 1 aromatic carbocycles. The fourth-order valence-electron chi connectivity index (χ4n) is 1.54. The van der Waals surface area contributed by atoms with Crippen LogP contribution in [0.25, 0.3) is 0 Å². The summed E-state index contributed by atoms with van der Waals surface area (Å²) < 4.78 is 24.1. The fourth-order valence-corrected chi connectivity index (χ4v) is 1.74. The number of hydrogen-bond acceptors (Lipinski definition) is 4. The van der Waals surface area contributed by atoms with E-state index in [0.29, 0.717) is 0 Å². The number of amides is 1. The first kappa shape index (κ1) is 11.9. The molecule has 2 rings (SSSR count). The monoisotopic (exact) mass is 261 g/mol. The number of fused-ring (bicyclic) bond motifs is 1. The summed E-state index contributed by atoms with van der Waals surface area (Å²) in [4.78, 5) is 10.9. The van der Waals surface area contributed by atoms with E-state index in [2.05, 4.69) is 0 Å². The zero-order valence-electron chi connectivity index (χ0n) is 8.57. The Morgan fingerprint density at radius 1 is 1.53 bits per heavy atom. The Labute approximate surface area is 101 Å². The number of carbonyl (C=O) groups is 1. The van der Waals surface area contributed by atoms with Crippen LogP contribution in [-0.4, -0.2) is 24.2 Å². The fraction of sp³-hybridized carbons (Fsp3) is 0.300. The molecule has 0 bridgehead atoms. The third-order valence-electron chi connectivity index (χ3n) is 2.30. The minimum absolute atomic E-state index is 0.0375. The van der Waals surface area contributed by atoms with Gasteiger partial charge in [-0.05, 0) is 0 Å². The van der Waals surface area contributed by atoms with Crippen molar-refractivity contribution in [3.63, 3.8) is 0 Å². The summed E-state index contributed by atoms with van der Waals surface area (Å²) in [6.45, 7) is 0.466. The maximum atomic E-state index is 13.8. The van der Waals surface area contributed by atoms with Gasteiger partial charge in [-0.1, -0.05) is 11.6 Å². The molecule has 1 aromatic rings. The highest BCUT2D eigenvalue weighted by atomic mass is 35.5. The van der Waals surface area contributed by atoms with Crippen molar-refractivity contribution >= 4 is 17.5 Å². The molecule has 1 aliphatic heterocycles.